The Morgan fingerprint density at radius 2 is 1.93 bits per heavy atom. The Balaban J connectivity index is 0.000000265. The number of hydrogen-bond acceptors (Lipinski definition) is 3. The van der Waals surface area contributed by atoms with Gasteiger partial charge in [-0.2, -0.15) is 0 Å². The van der Waals surface area contributed by atoms with E-state index in [0.29, 0.717) is 6.61 Å². The molecule has 0 aliphatic heterocycles. The SMILES string of the molecule is CCOCC(=O)O.COc1ccccc1. The molecule has 0 saturated heterocycles. The molecule has 1 rings (SSSR count). The zero-order valence-corrected chi connectivity index (χ0v) is 8.97. The number of carboxylic acids is 1. The van der Waals surface area contributed by atoms with E-state index in [2.05, 4.69) is 4.74 Å². The van der Waals surface area contributed by atoms with Crippen LogP contribution in [0.15, 0.2) is 30.3 Å². The summed E-state index contributed by atoms with van der Waals surface area (Å²) in [6.07, 6.45) is 0. The minimum atomic E-state index is -0.915. The number of hydrogen-bond donors (Lipinski definition) is 1. The van der Waals surface area contributed by atoms with Crippen molar-refractivity contribution in [2.45, 2.75) is 6.92 Å². The van der Waals surface area contributed by atoms with Crippen LogP contribution in [0.3, 0.4) is 0 Å². The van der Waals surface area contributed by atoms with E-state index in [1.165, 1.54) is 0 Å². The van der Waals surface area contributed by atoms with E-state index < -0.39 is 5.97 Å². The van der Waals surface area contributed by atoms with Gasteiger partial charge in [-0.15, -0.1) is 0 Å². The maximum Gasteiger partial charge on any atom is 0.329 e. The van der Waals surface area contributed by atoms with Gasteiger partial charge in [0.2, 0.25) is 0 Å². The van der Waals surface area contributed by atoms with Crippen LogP contribution in [-0.2, 0) is 9.53 Å². The molecule has 0 radical (unpaired) electrons. The third-order valence-corrected chi connectivity index (χ3v) is 1.41. The molecule has 4 nitrogen and oxygen atoms in total. The molecule has 4 heteroatoms. The fraction of sp³-hybridized carbons (Fsp3) is 0.364. The molecule has 15 heavy (non-hydrogen) atoms. The largest absolute Gasteiger partial charge is 0.497 e. The van der Waals surface area contributed by atoms with Crippen molar-refractivity contribution in [1.29, 1.82) is 0 Å². The molecule has 0 fully saturated rings. The number of ether oxygens (including phenoxy) is 2. The Kier molecular flexibility index (Phi) is 8.09. The molecule has 0 amide bonds. The number of benzene rings is 1. The minimum absolute atomic E-state index is 0.184. The van der Waals surface area contributed by atoms with Crippen LogP contribution in [0.2, 0.25) is 0 Å². The molecule has 0 aromatic heterocycles. The van der Waals surface area contributed by atoms with Crippen molar-refractivity contribution in [3.05, 3.63) is 30.3 Å². The highest BCUT2D eigenvalue weighted by Gasteiger charge is 1.90. The van der Waals surface area contributed by atoms with E-state index in [0.717, 1.165) is 5.75 Å². The van der Waals surface area contributed by atoms with E-state index >= 15 is 0 Å². The maximum absolute atomic E-state index is 9.63. The number of para-hydroxylation sites is 1. The molecular formula is C11H16O4. The lowest BCUT2D eigenvalue weighted by Crippen LogP contribution is -2.05. The highest BCUT2D eigenvalue weighted by Crippen LogP contribution is 2.05. The van der Waals surface area contributed by atoms with Gasteiger partial charge in [0, 0.05) is 6.61 Å². The summed E-state index contributed by atoms with van der Waals surface area (Å²) in [4.78, 5) is 9.63. The van der Waals surface area contributed by atoms with Crippen molar-refractivity contribution in [1.82, 2.24) is 0 Å². The molecule has 1 N–H and O–H groups in total. The van der Waals surface area contributed by atoms with Crippen LogP contribution in [0, 0.1) is 0 Å². The third-order valence-electron chi connectivity index (χ3n) is 1.41. The van der Waals surface area contributed by atoms with Crippen molar-refractivity contribution < 1.29 is 19.4 Å². The topological polar surface area (TPSA) is 55.8 Å². The summed E-state index contributed by atoms with van der Waals surface area (Å²) in [7, 11) is 1.66. The quantitative estimate of drug-likeness (QED) is 0.826. The molecule has 0 saturated carbocycles. The Morgan fingerprint density at radius 1 is 1.33 bits per heavy atom. The van der Waals surface area contributed by atoms with E-state index in [1.807, 2.05) is 30.3 Å². The van der Waals surface area contributed by atoms with Gasteiger partial charge >= 0.3 is 5.97 Å². The van der Waals surface area contributed by atoms with Crippen LogP contribution in [0.25, 0.3) is 0 Å². The zero-order chi connectivity index (χ0) is 11.5. The summed E-state index contributed by atoms with van der Waals surface area (Å²) in [5.74, 6) is -0.00523. The number of carbonyl (C=O) groups is 1. The summed E-state index contributed by atoms with van der Waals surface area (Å²) in [6, 6.07) is 9.68. The van der Waals surface area contributed by atoms with Crippen molar-refractivity contribution in [2.75, 3.05) is 20.3 Å². The average molecular weight is 212 g/mol. The fourth-order valence-electron chi connectivity index (χ4n) is 0.746. The summed E-state index contributed by atoms with van der Waals surface area (Å²) in [5.41, 5.74) is 0. The summed E-state index contributed by atoms with van der Waals surface area (Å²) in [6.45, 7) is 2.03. The molecule has 0 aliphatic rings. The van der Waals surface area contributed by atoms with Crippen LogP contribution in [0.4, 0.5) is 0 Å². The van der Waals surface area contributed by atoms with Crippen molar-refractivity contribution >= 4 is 5.97 Å². The van der Waals surface area contributed by atoms with Crippen LogP contribution < -0.4 is 4.74 Å². The molecule has 0 spiro atoms. The maximum atomic E-state index is 9.63. The highest BCUT2D eigenvalue weighted by atomic mass is 16.5. The molecule has 0 atom stereocenters. The second-order valence-corrected chi connectivity index (χ2v) is 2.55. The van der Waals surface area contributed by atoms with Gasteiger partial charge in [0.05, 0.1) is 7.11 Å². The van der Waals surface area contributed by atoms with Gasteiger partial charge in [-0.1, -0.05) is 18.2 Å². The number of carboxylic acid groups (broad SMARTS) is 1. The van der Waals surface area contributed by atoms with E-state index in [4.69, 9.17) is 9.84 Å². The average Bonchev–Trinajstić information content (AvgIpc) is 2.28. The lowest BCUT2D eigenvalue weighted by Gasteiger charge is -1.93. The van der Waals surface area contributed by atoms with Gasteiger partial charge in [0.1, 0.15) is 12.4 Å². The molecule has 1 aromatic rings. The minimum Gasteiger partial charge on any atom is -0.497 e. The van der Waals surface area contributed by atoms with E-state index in [1.54, 1.807) is 14.0 Å². The Hall–Kier alpha value is -1.55. The predicted octanol–water partition coefficient (Wildman–Crippen LogP) is 1.80. The first-order chi connectivity index (χ1) is 7.20. The first-order valence-corrected chi connectivity index (χ1v) is 4.59. The third kappa shape index (κ3) is 8.77. The number of rotatable bonds is 4. The first-order valence-electron chi connectivity index (χ1n) is 4.59. The van der Waals surface area contributed by atoms with Crippen LogP contribution in [-0.4, -0.2) is 31.4 Å². The van der Waals surface area contributed by atoms with Gasteiger partial charge in [0.15, 0.2) is 0 Å². The monoisotopic (exact) mass is 212 g/mol. The second kappa shape index (κ2) is 9.02. The zero-order valence-electron chi connectivity index (χ0n) is 8.97. The van der Waals surface area contributed by atoms with Crippen LogP contribution in [0.5, 0.6) is 5.75 Å². The molecule has 1 aromatic carbocycles. The molecule has 0 heterocycles. The van der Waals surface area contributed by atoms with Crippen molar-refractivity contribution in [2.24, 2.45) is 0 Å². The lowest BCUT2D eigenvalue weighted by molar-refractivity contribution is -0.142. The van der Waals surface area contributed by atoms with Crippen LogP contribution >= 0.6 is 0 Å². The standard InChI is InChI=1S/C7H8O.C4H8O3/c1-8-7-5-3-2-4-6-7;1-2-7-3-4(5)6/h2-6H,1H3;2-3H2,1H3,(H,5,6). The number of methoxy groups -OCH3 is 1. The normalized spacial score (nSPS) is 8.67. The molecular weight excluding hydrogens is 196 g/mol. The van der Waals surface area contributed by atoms with Gasteiger partial charge in [0.25, 0.3) is 0 Å². The van der Waals surface area contributed by atoms with Crippen molar-refractivity contribution in [3.8, 4) is 5.75 Å². The van der Waals surface area contributed by atoms with Gasteiger partial charge < -0.3 is 14.6 Å². The summed E-state index contributed by atoms with van der Waals surface area (Å²) < 4.78 is 9.41. The molecule has 0 aliphatic carbocycles. The second-order valence-electron chi connectivity index (χ2n) is 2.55. The number of aliphatic carboxylic acids is 1. The van der Waals surface area contributed by atoms with Gasteiger partial charge in [-0.3, -0.25) is 0 Å². The summed E-state index contributed by atoms with van der Waals surface area (Å²) >= 11 is 0. The van der Waals surface area contributed by atoms with E-state index in [9.17, 15) is 4.79 Å². The summed E-state index contributed by atoms with van der Waals surface area (Å²) in [5, 5.41) is 7.92. The van der Waals surface area contributed by atoms with Gasteiger partial charge in [-0.05, 0) is 19.1 Å². The Morgan fingerprint density at radius 3 is 2.20 bits per heavy atom. The molecule has 0 unspecified atom stereocenters. The smallest absolute Gasteiger partial charge is 0.329 e. The highest BCUT2D eigenvalue weighted by molar-refractivity contribution is 5.67. The van der Waals surface area contributed by atoms with E-state index in [-0.39, 0.29) is 6.61 Å². The first kappa shape index (κ1) is 13.4. The molecule has 0 bridgehead atoms. The predicted molar refractivity (Wildman–Crippen MR) is 57.1 cm³/mol. The Labute approximate surface area is 89.4 Å². The molecule has 84 valence electrons. The fourth-order valence-corrected chi connectivity index (χ4v) is 0.746. The Bertz CT molecular complexity index is 259. The lowest BCUT2D eigenvalue weighted by atomic mass is 10.3. The van der Waals surface area contributed by atoms with Gasteiger partial charge in [-0.25, -0.2) is 4.79 Å². The van der Waals surface area contributed by atoms with Crippen molar-refractivity contribution in [3.63, 3.8) is 0 Å². The van der Waals surface area contributed by atoms with Crippen LogP contribution in [0.1, 0.15) is 6.92 Å².